The number of anilines is 2. The van der Waals surface area contributed by atoms with Gasteiger partial charge < -0.3 is 10.6 Å². The van der Waals surface area contributed by atoms with E-state index in [2.05, 4.69) is 10.6 Å². The van der Waals surface area contributed by atoms with Crippen molar-refractivity contribution in [2.45, 2.75) is 39.7 Å². The molecule has 2 N–H and O–H groups in total. The Morgan fingerprint density at radius 1 is 1.12 bits per heavy atom. The first kappa shape index (κ1) is 20.1. The quantitative estimate of drug-likeness (QED) is 0.816. The van der Waals surface area contributed by atoms with Gasteiger partial charge in [-0.05, 0) is 39.0 Å². The molecule has 0 atom stereocenters. The molecule has 0 fully saturated rings. The van der Waals surface area contributed by atoms with Gasteiger partial charge in [0.05, 0.1) is 6.26 Å². The van der Waals surface area contributed by atoms with Crippen LogP contribution in [-0.2, 0) is 19.6 Å². The molecule has 1 rings (SSSR count). The molecular weight excluding hydrogens is 330 g/mol. The van der Waals surface area contributed by atoms with Crippen molar-refractivity contribution >= 4 is 33.2 Å². The SMILES string of the molecule is CC(=O)Nc1cccc(NC(=O)CCN(C(C)(C)C)S(C)(=O)=O)c1. The summed E-state index contributed by atoms with van der Waals surface area (Å²) in [6.45, 7) is 6.84. The van der Waals surface area contributed by atoms with Gasteiger partial charge in [-0.25, -0.2) is 8.42 Å². The summed E-state index contributed by atoms with van der Waals surface area (Å²) >= 11 is 0. The van der Waals surface area contributed by atoms with Crippen LogP contribution in [0.25, 0.3) is 0 Å². The Morgan fingerprint density at radius 2 is 1.67 bits per heavy atom. The van der Waals surface area contributed by atoms with Gasteiger partial charge in [0.15, 0.2) is 0 Å². The summed E-state index contributed by atoms with van der Waals surface area (Å²) in [5, 5.41) is 5.33. The Balaban J connectivity index is 2.71. The molecule has 0 aromatic heterocycles. The number of carbonyl (C=O) groups excluding carboxylic acids is 2. The maximum absolute atomic E-state index is 12.1. The number of benzene rings is 1. The van der Waals surface area contributed by atoms with Crippen molar-refractivity contribution in [3.63, 3.8) is 0 Å². The van der Waals surface area contributed by atoms with E-state index in [9.17, 15) is 18.0 Å². The molecule has 0 saturated carbocycles. The summed E-state index contributed by atoms with van der Waals surface area (Å²) in [5.41, 5.74) is 0.514. The lowest BCUT2D eigenvalue weighted by molar-refractivity contribution is -0.116. The largest absolute Gasteiger partial charge is 0.326 e. The number of rotatable bonds is 6. The second kappa shape index (κ2) is 7.76. The molecule has 0 saturated heterocycles. The van der Waals surface area contributed by atoms with E-state index < -0.39 is 15.6 Å². The van der Waals surface area contributed by atoms with Crippen LogP contribution in [0.3, 0.4) is 0 Å². The number of hydrogen-bond donors (Lipinski definition) is 2. The van der Waals surface area contributed by atoms with E-state index in [1.165, 1.54) is 11.2 Å². The monoisotopic (exact) mass is 355 g/mol. The molecule has 0 heterocycles. The summed E-state index contributed by atoms with van der Waals surface area (Å²) in [7, 11) is -3.41. The lowest BCUT2D eigenvalue weighted by atomic mass is 10.1. The first-order chi connectivity index (χ1) is 10.9. The summed E-state index contributed by atoms with van der Waals surface area (Å²) in [4.78, 5) is 23.1. The van der Waals surface area contributed by atoms with Crippen LogP contribution in [0.5, 0.6) is 0 Å². The molecule has 0 aliphatic rings. The molecule has 0 bridgehead atoms. The molecule has 24 heavy (non-hydrogen) atoms. The van der Waals surface area contributed by atoms with Gasteiger partial charge in [-0.15, -0.1) is 0 Å². The summed E-state index contributed by atoms with van der Waals surface area (Å²) in [5.74, 6) is -0.500. The number of hydrogen-bond acceptors (Lipinski definition) is 4. The van der Waals surface area contributed by atoms with Crippen molar-refractivity contribution in [1.82, 2.24) is 4.31 Å². The zero-order valence-electron chi connectivity index (χ0n) is 14.7. The fraction of sp³-hybridized carbons (Fsp3) is 0.500. The number of nitrogens with zero attached hydrogens (tertiary/aromatic N) is 1. The minimum absolute atomic E-state index is 0.0364. The number of amides is 2. The smallest absolute Gasteiger partial charge is 0.225 e. The topological polar surface area (TPSA) is 95.6 Å². The highest BCUT2D eigenvalue weighted by molar-refractivity contribution is 7.88. The van der Waals surface area contributed by atoms with Crippen molar-refractivity contribution in [2.75, 3.05) is 23.4 Å². The normalized spacial score (nSPS) is 12.1. The lowest BCUT2D eigenvalue weighted by Gasteiger charge is -2.33. The van der Waals surface area contributed by atoms with Crippen LogP contribution in [-0.4, -0.2) is 42.9 Å². The van der Waals surface area contributed by atoms with Gasteiger partial charge in [0, 0.05) is 36.8 Å². The average molecular weight is 355 g/mol. The molecule has 1 aromatic carbocycles. The Labute approximate surface area is 143 Å². The standard InChI is InChI=1S/C16H25N3O4S/c1-12(20)17-13-7-6-8-14(11-13)18-15(21)9-10-19(16(2,3)4)24(5,22)23/h6-8,11H,9-10H2,1-5H3,(H,17,20)(H,18,21). The van der Waals surface area contributed by atoms with Crippen LogP contribution in [0.15, 0.2) is 24.3 Å². The van der Waals surface area contributed by atoms with E-state index in [0.717, 1.165) is 6.26 Å². The summed E-state index contributed by atoms with van der Waals surface area (Å²) in [6.07, 6.45) is 1.17. The van der Waals surface area contributed by atoms with Crippen LogP contribution < -0.4 is 10.6 Å². The highest BCUT2D eigenvalue weighted by atomic mass is 32.2. The summed E-state index contributed by atoms with van der Waals surface area (Å²) in [6, 6.07) is 6.75. The van der Waals surface area contributed by atoms with E-state index >= 15 is 0 Å². The van der Waals surface area contributed by atoms with E-state index in [1.807, 2.05) is 0 Å². The van der Waals surface area contributed by atoms with Crippen LogP contribution in [0.2, 0.25) is 0 Å². The number of carbonyl (C=O) groups is 2. The second-order valence-electron chi connectivity index (χ2n) is 6.57. The van der Waals surface area contributed by atoms with Gasteiger partial charge in [0.25, 0.3) is 0 Å². The van der Waals surface area contributed by atoms with Gasteiger partial charge in [0.2, 0.25) is 21.8 Å². The first-order valence-corrected chi connectivity index (χ1v) is 9.40. The van der Waals surface area contributed by atoms with E-state index in [4.69, 9.17) is 0 Å². The number of sulfonamides is 1. The van der Waals surface area contributed by atoms with Gasteiger partial charge in [-0.2, -0.15) is 4.31 Å². The third kappa shape index (κ3) is 6.67. The van der Waals surface area contributed by atoms with Crippen LogP contribution in [0.4, 0.5) is 11.4 Å². The van der Waals surface area contributed by atoms with E-state index in [-0.39, 0.29) is 24.8 Å². The summed E-state index contributed by atoms with van der Waals surface area (Å²) < 4.78 is 25.0. The maximum Gasteiger partial charge on any atom is 0.225 e. The third-order valence-electron chi connectivity index (χ3n) is 3.16. The van der Waals surface area contributed by atoms with Gasteiger partial charge in [-0.1, -0.05) is 6.07 Å². The Hall–Kier alpha value is -1.93. The van der Waals surface area contributed by atoms with Gasteiger partial charge in [-0.3, -0.25) is 9.59 Å². The van der Waals surface area contributed by atoms with Crippen LogP contribution in [0, 0.1) is 0 Å². The van der Waals surface area contributed by atoms with Crippen molar-refractivity contribution in [1.29, 1.82) is 0 Å². The zero-order valence-corrected chi connectivity index (χ0v) is 15.5. The van der Waals surface area contributed by atoms with Gasteiger partial charge >= 0.3 is 0 Å². The zero-order chi connectivity index (χ0) is 18.5. The fourth-order valence-corrected chi connectivity index (χ4v) is 3.72. The maximum atomic E-state index is 12.1. The number of nitrogens with one attached hydrogen (secondary N) is 2. The van der Waals surface area contributed by atoms with Crippen molar-refractivity contribution in [3.8, 4) is 0 Å². The van der Waals surface area contributed by atoms with Crippen molar-refractivity contribution < 1.29 is 18.0 Å². The van der Waals surface area contributed by atoms with E-state index in [1.54, 1.807) is 45.0 Å². The van der Waals surface area contributed by atoms with Crippen molar-refractivity contribution in [3.05, 3.63) is 24.3 Å². The third-order valence-corrected chi connectivity index (χ3v) is 4.69. The first-order valence-electron chi connectivity index (χ1n) is 7.55. The molecule has 0 spiro atoms. The molecule has 0 aliphatic heterocycles. The molecule has 0 radical (unpaired) electrons. The minimum Gasteiger partial charge on any atom is -0.326 e. The fourth-order valence-electron chi connectivity index (χ4n) is 2.30. The minimum atomic E-state index is -3.41. The molecule has 2 amide bonds. The van der Waals surface area contributed by atoms with Crippen molar-refractivity contribution in [2.24, 2.45) is 0 Å². The molecule has 1 aromatic rings. The van der Waals surface area contributed by atoms with Gasteiger partial charge in [0.1, 0.15) is 0 Å². The Morgan fingerprint density at radius 3 is 2.12 bits per heavy atom. The highest BCUT2D eigenvalue weighted by Crippen LogP contribution is 2.19. The predicted molar refractivity (Wildman–Crippen MR) is 95.3 cm³/mol. The highest BCUT2D eigenvalue weighted by Gasteiger charge is 2.29. The van der Waals surface area contributed by atoms with Crippen LogP contribution in [0.1, 0.15) is 34.1 Å². The molecule has 0 unspecified atom stereocenters. The Kier molecular flexibility index (Phi) is 6.50. The molecular formula is C16H25N3O4S. The second-order valence-corrected chi connectivity index (χ2v) is 8.47. The average Bonchev–Trinajstić information content (AvgIpc) is 2.34. The van der Waals surface area contributed by atoms with E-state index in [0.29, 0.717) is 11.4 Å². The molecule has 0 aliphatic carbocycles. The molecule has 134 valence electrons. The van der Waals surface area contributed by atoms with Crippen LogP contribution >= 0.6 is 0 Å². The molecule has 8 heteroatoms. The Bertz CT molecular complexity index is 708. The lowest BCUT2D eigenvalue weighted by Crippen LogP contribution is -2.46. The predicted octanol–water partition coefficient (Wildman–Crippen LogP) is 2.03. The molecule has 7 nitrogen and oxygen atoms in total.